The minimum Gasteiger partial charge on any atom is -0.387 e. The van der Waals surface area contributed by atoms with Gasteiger partial charge < -0.3 is 5.32 Å². The Balaban J connectivity index is 1.89. The van der Waals surface area contributed by atoms with Crippen molar-refractivity contribution in [3.05, 3.63) is 23.3 Å². The van der Waals surface area contributed by atoms with E-state index >= 15 is 0 Å². The lowest BCUT2D eigenvalue weighted by atomic mass is 9.78. The van der Waals surface area contributed by atoms with Crippen molar-refractivity contribution in [2.75, 3.05) is 6.54 Å². The van der Waals surface area contributed by atoms with Crippen LogP contribution < -0.4 is 5.32 Å². The normalized spacial score (nSPS) is 41.8. The molecule has 1 unspecified atom stereocenters. The van der Waals surface area contributed by atoms with Crippen molar-refractivity contribution in [2.24, 2.45) is 11.8 Å². The van der Waals surface area contributed by atoms with Crippen molar-refractivity contribution in [2.45, 2.75) is 24.5 Å². The molecule has 13 heavy (non-hydrogen) atoms. The minimum absolute atomic E-state index is 0.818. The number of rotatable bonds is 0. The van der Waals surface area contributed by atoms with Crippen LogP contribution in [0.4, 0.5) is 0 Å². The Morgan fingerprint density at radius 1 is 1.46 bits per heavy atom. The Bertz CT molecular complexity index is 269. The Hall–Kier alpha value is -0.370. The van der Waals surface area contributed by atoms with Crippen LogP contribution in [0.2, 0.25) is 0 Å². The van der Waals surface area contributed by atoms with Crippen LogP contribution in [-0.2, 0) is 0 Å². The second kappa shape index (κ2) is 3.09. The van der Waals surface area contributed by atoms with Crippen molar-refractivity contribution < 1.29 is 0 Å². The quantitative estimate of drug-likeness (QED) is 0.634. The standard InChI is InChI=1S/C11H15NS/c1-2-4-10-8(3-1)9-5-6-13-11(9)7-12-10/h4-6,8-9,11-12H,1-3,7H2/t8?,9-,11+/m1/s1. The first-order valence-corrected chi connectivity index (χ1v) is 6.15. The van der Waals surface area contributed by atoms with Gasteiger partial charge in [0, 0.05) is 23.4 Å². The summed E-state index contributed by atoms with van der Waals surface area (Å²) in [4.78, 5) is 0. The molecule has 3 aliphatic rings. The van der Waals surface area contributed by atoms with Gasteiger partial charge in [-0.05, 0) is 30.6 Å². The molecule has 0 aromatic rings. The van der Waals surface area contributed by atoms with Gasteiger partial charge in [0.05, 0.1) is 0 Å². The van der Waals surface area contributed by atoms with E-state index in [1.165, 1.54) is 25.8 Å². The molecule has 2 heterocycles. The molecule has 0 aromatic heterocycles. The largest absolute Gasteiger partial charge is 0.387 e. The van der Waals surface area contributed by atoms with Gasteiger partial charge in [0.1, 0.15) is 0 Å². The highest BCUT2D eigenvalue weighted by Crippen LogP contribution is 2.43. The third-order valence-electron chi connectivity index (χ3n) is 3.44. The Labute approximate surface area is 83.7 Å². The molecule has 70 valence electrons. The predicted octanol–water partition coefficient (Wildman–Crippen LogP) is 2.52. The van der Waals surface area contributed by atoms with Gasteiger partial charge in [-0.3, -0.25) is 0 Å². The molecular formula is C11H15NS. The summed E-state index contributed by atoms with van der Waals surface area (Å²) < 4.78 is 0. The fraction of sp³-hybridized carbons (Fsp3) is 0.636. The summed E-state index contributed by atoms with van der Waals surface area (Å²) >= 11 is 2.01. The first kappa shape index (κ1) is 7.98. The molecule has 1 aliphatic carbocycles. The second-order valence-electron chi connectivity index (χ2n) is 4.16. The third kappa shape index (κ3) is 1.23. The number of hydrogen-bond donors (Lipinski definition) is 1. The van der Waals surface area contributed by atoms with E-state index in [9.17, 15) is 0 Å². The minimum atomic E-state index is 0.818. The zero-order valence-corrected chi connectivity index (χ0v) is 8.52. The van der Waals surface area contributed by atoms with Crippen molar-refractivity contribution in [1.29, 1.82) is 0 Å². The number of thioether (sulfide) groups is 1. The van der Waals surface area contributed by atoms with Crippen LogP contribution in [0.5, 0.6) is 0 Å². The highest BCUT2D eigenvalue weighted by Gasteiger charge is 2.37. The lowest BCUT2D eigenvalue weighted by Gasteiger charge is -2.38. The lowest BCUT2D eigenvalue weighted by Crippen LogP contribution is -2.42. The van der Waals surface area contributed by atoms with Crippen molar-refractivity contribution in [1.82, 2.24) is 5.32 Å². The maximum atomic E-state index is 3.59. The van der Waals surface area contributed by atoms with Gasteiger partial charge >= 0.3 is 0 Å². The molecule has 1 N–H and O–H groups in total. The molecule has 0 amide bonds. The highest BCUT2D eigenvalue weighted by atomic mass is 32.2. The van der Waals surface area contributed by atoms with Gasteiger partial charge in [0.2, 0.25) is 0 Å². The summed E-state index contributed by atoms with van der Waals surface area (Å²) in [6.07, 6.45) is 8.91. The molecule has 1 saturated heterocycles. The van der Waals surface area contributed by atoms with Crippen molar-refractivity contribution in [3.63, 3.8) is 0 Å². The van der Waals surface area contributed by atoms with Gasteiger partial charge in [-0.15, -0.1) is 11.8 Å². The van der Waals surface area contributed by atoms with Crippen LogP contribution >= 0.6 is 11.8 Å². The van der Waals surface area contributed by atoms with Gasteiger partial charge in [0.15, 0.2) is 0 Å². The lowest BCUT2D eigenvalue weighted by molar-refractivity contribution is 0.331. The predicted molar refractivity (Wildman–Crippen MR) is 57.4 cm³/mol. The number of fused-ring (bicyclic) bond motifs is 3. The molecule has 3 rings (SSSR count). The molecule has 1 nitrogen and oxygen atoms in total. The van der Waals surface area contributed by atoms with Crippen LogP contribution in [0.25, 0.3) is 0 Å². The van der Waals surface area contributed by atoms with E-state index in [1.54, 1.807) is 5.70 Å². The van der Waals surface area contributed by atoms with Crippen LogP contribution in [0, 0.1) is 11.8 Å². The molecule has 0 aromatic carbocycles. The molecule has 0 radical (unpaired) electrons. The molecule has 0 saturated carbocycles. The molecule has 0 bridgehead atoms. The van der Waals surface area contributed by atoms with E-state index < -0.39 is 0 Å². The van der Waals surface area contributed by atoms with Crippen LogP contribution in [0.15, 0.2) is 23.3 Å². The Morgan fingerprint density at radius 3 is 3.46 bits per heavy atom. The van der Waals surface area contributed by atoms with Gasteiger partial charge in [-0.1, -0.05) is 12.2 Å². The van der Waals surface area contributed by atoms with Crippen LogP contribution in [0.1, 0.15) is 19.3 Å². The zero-order valence-electron chi connectivity index (χ0n) is 7.70. The first-order chi connectivity index (χ1) is 6.45. The van der Waals surface area contributed by atoms with Crippen LogP contribution in [0.3, 0.4) is 0 Å². The van der Waals surface area contributed by atoms with E-state index in [2.05, 4.69) is 22.9 Å². The fourth-order valence-electron chi connectivity index (χ4n) is 2.75. The number of allylic oxidation sites excluding steroid dienone is 3. The summed E-state index contributed by atoms with van der Waals surface area (Å²) in [5.41, 5.74) is 1.54. The monoisotopic (exact) mass is 193 g/mol. The maximum Gasteiger partial charge on any atom is 0.0331 e. The Morgan fingerprint density at radius 2 is 2.46 bits per heavy atom. The first-order valence-electron chi connectivity index (χ1n) is 5.21. The fourth-order valence-corrected chi connectivity index (χ4v) is 3.87. The average Bonchev–Trinajstić information content (AvgIpc) is 2.65. The zero-order chi connectivity index (χ0) is 8.67. The SMILES string of the molecule is C1=C[C@@H]2C3CCCC=C3NC[C@@H]2S1. The molecule has 2 heteroatoms. The summed E-state index contributed by atoms with van der Waals surface area (Å²) in [5.74, 6) is 1.65. The highest BCUT2D eigenvalue weighted by molar-refractivity contribution is 8.03. The average molecular weight is 193 g/mol. The summed E-state index contributed by atoms with van der Waals surface area (Å²) in [6.45, 7) is 1.17. The molecule has 2 aliphatic heterocycles. The van der Waals surface area contributed by atoms with Gasteiger partial charge in [0.25, 0.3) is 0 Å². The van der Waals surface area contributed by atoms with E-state index in [0.29, 0.717) is 0 Å². The van der Waals surface area contributed by atoms with E-state index in [0.717, 1.165) is 17.1 Å². The summed E-state index contributed by atoms with van der Waals surface area (Å²) in [7, 11) is 0. The maximum absolute atomic E-state index is 3.59. The smallest absolute Gasteiger partial charge is 0.0331 e. The summed E-state index contributed by atoms with van der Waals surface area (Å²) in [5, 5.41) is 6.71. The number of nitrogens with one attached hydrogen (secondary N) is 1. The number of piperidine rings is 1. The van der Waals surface area contributed by atoms with Crippen molar-refractivity contribution >= 4 is 11.8 Å². The Kier molecular flexibility index (Phi) is 1.90. The van der Waals surface area contributed by atoms with Gasteiger partial charge in [-0.2, -0.15) is 0 Å². The summed E-state index contributed by atoms with van der Waals surface area (Å²) in [6, 6.07) is 0. The van der Waals surface area contributed by atoms with Gasteiger partial charge in [-0.25, -0.2) is 0 Å². The molecule has 0 spiro atoms. The number of hydrogen-bond acceptors (Lipinski definition) is 2. The molecular weight excluding hydrogens is 178 g/mol. The van der Waals surface area contributed by atoms with E-state index in [4.69, 9.17) is 0 Å². The second-order valence-corrected chi connectivity index (χ2v) is 5.31. The third-order valence-corrected chi connectivity index (χ3v) is 4.58. The van der Waals surface area contributed by atoms with E-state index in [-0.39, 0.29) is 0 Å². The van der Waals surface area contributed by atoms with Crippen LogP contribution in [-0.4, -0.2) is 11.8 Å². The topological polar surface area (TPSA) is 12.0 Å². The molecule has 3 atom stereocenters. The van der Waals surface area contributed by atoms with E-state index in [1.807, 2.05) is 11.8 Å². The molecule has 1 fully saturated rings. The van der Waals surface area contributed by atoms with Crippen molar-refractivity contribution in [3.8, 4) is 0 Å².